The van der Waals surface area contributed by atoms with E-state index in [1.807, 2.05) is 17.8 Å². The first-order valence-electron chi connectivity index (χ1n) is 7.92. The molecule has 1 amide bonds. The lowest BCUT2D eigenvalue weighted by atomic mass is 9.92. The molecule has 0 radical (unpaired) electrons. The quantitative estimate of drug-likeness (QED) is 0.864. The summed E-state index contributed by atoms with van der Waals surface area (Å²) in [7, 11) is 0. The van der Waals surface area contributed by atoms with E-state index in [1.165, 1.54) is 17.7 Å². The van der Waals surface area contributed by atoms with Gasteiger partial charge in [-0.05, 0) is 51.3 Å². The van der Waals surface area contributed by atoms with E-state index in [0.717, 1.165) is 25.9 Å². The summed E-state index contributed by atoms with van der Waals surface area (Å²) in [6.45, 7) is 3.93. The van der Waals surface area contributed by atoms with Gasteiger partial charge in [0.1, 0.15) is 0 Å². The normalized spacial score (nSPS) is 25.9. The lowest BCUT2D eigenvalue weighted by Gasteiger charge is -2.27. The number of benzene rings is 1. The highest BCUT2D eigenvalue weighted by Crippen LogP contribution is 2.51. The summed E-state index contributed by atoms with van der Waals surface area (Å²) in [5.41, 5.74) is 0. The first-order chi connectivity index (χ1) is 10.2. The number of carbonyl (C=O) groups excluding carboxylic acids is 1. The van der Waals surface area contributed by atoms with Crippen LogP contribution < -0.4 is 10.6 Å². The Bertz CT molecular complexity index is 493. The van der Waals surface area contributed by atoms with Crippen molar-refractivity contribution in [2.45, 2.75) is 48.3 Å². The smallest absolute Gasteiger partial charge is 0.223 e. The fraction of sp³-hybridized carbons (Fsp3) is 0.588. The van der Waals surface area contributed by atoms with Crippen LogP contribution in [-0.2, 0) is 4.79 Å². The molecular weight excluding hydrogens is 316 g/mol. The Morgan fingerprint density at radius 2 is 2.09 bits per heavy atom. The van der Waals surface area contributed by atoms with Gasteiger partial charge < -0.3 is 10.6 Å². The van der Waals surface area contributed by atoms with Gasteiger partial charge in [-0.15, -0.1) is 24.2 Å². The number of thioether (sulfide) groups is 1. The third-order valence-corrected chi connectivity index (χ3v) is 5.96. The summed E-state index contributed by atoms with van der Waals surface area (Å²) in [5.74, 6) is 0.446. The van der Waals surface area contributed by atoms with Crippen LogP contribution in [0.25, 0.3) is 0 Å². The maximum absolute atomic E-state index is 12.3. The summed E-state index contributed by atoms with van der Waals surface area (Å²) in [4.78, 5) is 13.6. The highest BCUT2D eigenvalue weighted by atomic mass is 35.5. The average molecular weight is 341 g/mol. The molecular formula is C17H25ClN2OS. The molecule has 1 saturated heterocycles. The Morgan fingerprint density at radius 1 is 1.36 bits per heavy atom. The molecule has 22 heavy (non-hydrogen) atoms. The average Bonchev–Trinajstić information content (AvgIpc) is 3.26. The number of amides is 1. The minimum atomic E-state index is 0. The van der Waals surface area contributed by atoms with Gasteiger partial charge in [-0.3, -0.25) is 4.79 Å². The molecule has 0 unspecified atom stereocenters. The molecule has 1 aliphatic carbocycles. The standard InChI is InChI=1S/C17H24N2OS.ClH/c1-13-11-14(7-10-18-13)16(20)19-12-17(8-9-17)21-15-5-3-2-4-6-15;/h2-6,13-14,18H,7-12H2,1H3,(H,19,20);1H/t13-,14-;/m0./s1. The molecule has 0 aromatic heterocycles. The molecule has 0 bridgehead atoms. The van der Waals surface area contributed by atoms with Crippen LogP contribution in [-0.4, -0.2) is 29.8 Å². The fourth-order valence-electron chi connectivity index (χ4n) is 2.96. The Morgan fingerprint density at radius 3 is 2.73 bits per heavy atom. The summed E-state index contributed by atoms with van der Waals surface area (Å²) in [5, 5.41) is 6.61. The summed E-state index contributed by atoms with van der Waals surface area (Å²) in [6, 6.07) is 11.0. The van der Waals surface area contributed by atoms with Crippen LogP contribution >= 0.6 is 24.2 Å². The number of hydrogen-bond donors (Lipinski definition) is 2. The van der Waals surface area contributed by atoms with E-state index in [-0.39, 0.29) is 29.0 Å². The number of hydrogen-bond acceptors (Lipinski definition) is 3. The molecule has 1 aromatic rings. The Kier molecular flexibility index (Phi) is 6.18. The second-order valence-electron chi connectivity index (χ2n) is 6.39. The van der Waals surface area contributed by atoms with E-state index in [1.54, 1.807) is 0 Å². The number of carbonyl (C=O) groups is 1. The molecule has 3 rings (SSSR count). The maximum Gasteiger partial charge on any atom is 0.223 e. The van der Waals surface area contributed by atoms with E-state index >= 15 is 0 Å². The molecule has 2 aliphatic rings. The van der Waals surface area contributed by atoms with E-state index in [0.29, 0.717) is 6.04 Å². The van der Waals surface area contributed by atoms with Crippen molar-refractivity contribution in [3.8, 4) is 0 Å². The zero-order valence-corrected chi connectivity index (χ0v) is 14.6. The second kappa shape index (κ2) is 7.71. The van der Waals surface area contributed by atoms with E-state index in [4.69, 9.17) is 0 Å². The van der Waals surface area contributed by atoms with Crippen LogP contribution in [0, 0.1) is 5.92 Å². The van der Waals surface area contributed by atoms with Crippen LogP contribution in [0.4, 0.5) is 0 Å². The molecule has 0 spiro atoms. The van der Waals surface area contributed by atoms with Gasteiger partial charge in [0.15, 0.2) is 0 Å². The molecule has 1 saturated carbocycles. The predicted octanol–water partition coefficient (Wildman–Crippen LogP) is 3.24. The van der Waals surface area contributed by atoms with Gasteiger partial charge in [0.25, 0.3) is 0 Å². The lowest BCUT2D eigenvalue weighted by molar-refractivity contribution is -0.126. The van der Waals surface area contributed by atoms with Gasteiger partial charge in [-0.1, -0.05) is 18.2 Å². The molecule has 5 heteroatoms. The molecule has 122 valence electrons. The molecule has 2 fully saturated rings. The van der Waals surface area contributed by atoms with Gasteiger partial charge in [-0.25, -0.2) is 0 Å². The van der Waals surface area contributed by atoms with Crippen molar-refractivity contribution in [1.82, 2.24) is 10.6 Å². The van der Waals surface area contributed by atoms with Gasteiger partial charge in [0.05, 0.1) is 0 Å². The van der Waals surface area contributed by atoms with Crippen molar-refractivity contribution < 1.29 is 4.79 Å². The van der Waals surface area contributed by atoms with E-state index in [2.05, 4.69) is 41.8 Å². The highest BCUT2D eigenvalue weighted by molar-refractivity contribution is 8.01. The van der Waals surface area contributed by atoms with E-state index in [9.17, 15) is 4.79 Å². The fourth-order valence-corrected chi connectivity index (χ4v) is 4.20. The molecule has 2 atom stereocenters. The summed E-state index contributed by atoms with van der Waals surface area (Å²) >= 11 is 1.92. The van der Waals surface area contributed by atoms with E-state index < -0.39 is 0 Å². The van der Waals surface area contributed by atoms with Crippen molar-refractivity contribution in [3.63, 3.8) is 0 Å². The van der Waals surface area contributed by atoms with Crippen LogP contribution in [0.5, 0.6) is 0 Å². The predicted molar refractivity (Wildman–Crippen MR) is 94.7 cm³/mol. The van der Waals surface area contributed by atoms with Crippen molar-refractivity contribution in [2.75, 3.05) is 13.1 Å². The minimum Gasteiger partial charge on any atom is -0.354 e. The highest BCUT2D eigenvalue weighted by Gasteiger charge is 2.44. The van der Waals surface area contributed by atoms with Crippen LogP contribution in [0.2, 0.25) is 0 Å². The number of halogens is 1. The number of piperidine rings is 1. The zero-order valence-electron chi connectivity index (χ0n) is 13.0. The van der Waals surface area contributed by atoms with Gasteiger partial charge in [0.2, 0.25) is 5.91 Å². The topological polar surface area (TPSA) is 41.1 Å². The Labute approximate surface area is 143 Å². The Balaban J connectivity index is 0.00000176. The monoisotopic (exact) mass is 340 g/mol. The lowest BCUT2D eigenvalue weighted by Crippen LogP contribution is -2.44. The zero-order chi connectivity index (χ0) is 14.7. The van der Waals surface area contributed by atoms with Crippen LogP contribution in [0.1, 0.15) is 32.6 Å². The first-order valence-corrected chi connectivity index (χ1v) is 8.74. The largest absolute Gasteiger partial charge is 0.354 e. The first kappa shape index (κ1) is 17.6. The molecule has 1 aromatic carbocycles. The minimum absolute atomic E-state index is 0. The molecule has 1 heterocycles. The van der Waals surface area contributed by atoms with Crippen molar-refractivity contribution in [1.29, 1.82) is 0 Å². The van der Waals surface area contributed by atoms with Crippen molar-refractivity contribution in [3.05, 3.63) is 30.3 Å². The molecule has 3 nitrogen and oxygen atoms in total. The van der Waals surface area contributed by atoms with Gasteiger partial charge in [0, 0.05) is 28.1 Å². The second-order valence-corrected chi connectivity index (χ2v) is 7.93. The van der Waals surface area contributed by atoms with Crippen LogP contribution in [0.3, 0.4) is 0 Å². The molecule has 2 N–H and O–H groups in total. The third kappa shape index (κ3) is 4.64. The van der Waals surface area contributed by atoms with Gasteiger partial charge in [-0.2, -0.15) is 0 Å². The van der Waals surface area contributed by atoms with Crippen LogP contribution in [0.15, 0.2) is 35.2 Å². The SMILES string of the molecule is C[C@H]1C[C@@H](C(=O)NCC2(Sc3ccccc3)CC2)CCN1.Cl. The number of rotatable bonds is 5. The van der Waals surface area contributed by atoms with Crippen molar-refractivity contribution >= 4 is 30.1 Å². The maximum atomic E-state index is 12.3. The third-order valence-electron chi connectivity index (χ3n) is 4.46. The summed E-state index contributed by atoms with van der Waals surface area (Å²) in [6.07, 6.45) is 4.34. The van der Waals surface area contributed by atoms with Crippen molar-refractivity contribution in [2.24, 2.45) is 5.92 Å². The molecule has 1 aliphatic heterocycles. The van der Waals surface area contributed by atoms with Gasteiger partial charge >= 0.3 is 0 Å². The number of nitrogens with one attached hydrogen (secondary N) is 2. The summed E-state index contributed by atoms with van der Waals surface area (Å²) < 4.78 is 0.246. The Hall–Kier alpha value is -0.710.